The molecular formula is C33H49NO6. The summed E-state index contributed by atoms with van der Waals surface area (Å²) in [5.41, 5.74) is 7.69. The smallest absolute Gasteiger partial charge is 0.316 e. The Bertz CT molecular complexity index is 1090. The van der Waals surface area contributed by atoms with Gasteiger partial charge in [0.05, 0.1) is 24.9 Å². The maximum atomic E-state index is 14.0. The van der Waals surface area contributed by atoms with E-state index in [1.54, 1.807) is 6.08 Å². The number of aliphatic hydroxyl groups is 1. The zero-order chi connectivity index (χ0) is 28.8. The van der Waals surface area contributed by atoms with Gasteiger partial charge in [0.2, 0.25) is 0 Å². The maximum absolute atomic E-state index is 14.0. The Labute approximate surface area is 239 Å². The molecule has 5 aliphatic rings. The molecule has 40 heavy (non-hydrogen) atoms. The van der Waals surface area contributed by atoms with Crippen molar-refractivity contribution in [2.75, 3.05) is 6.61 Å². The lowest BCUT2D eigenvalue weighted by Gasteiger charge is -2.50. The number of ether oxygens (including phenoxy) is 4. The average Bonchev–Trinajstić information content (AvgIpc) is 3.23. The molecule has 7 nitrogen and oxygen atoms in total. The van der Waals surface area contributed by atoms with Crippen LogP contribution in [0.1, 0.15) is 80.1 Å². The van der Waals surface area contributed by atoms with Crippen LogP contribution in [-0.4, -0.2) is 59.5 Å². The molecule has 2 bridgehead atoms. The molecule has 7 heteroatoms. The third kappa shape index (κ3) is 5.65. The Morgan fingerprint density at radius 2 is 1.93 bits per heavy atom. The largest absolute Gasteiger partial charge is 0.462 e. The van der Waals surface area contributed by atoms with E-state index >= 15 is 0 Å². The Kier molecular flexibility index (Phi) is 8.53. The number of allylic oxidation sites excluding steroid dienone is 4. The lowest BCUT2D eigenvalue weighted by molar-refractivity contribution is -0.340. The highest BCUT2D eigenvalue weighted by Crippen LogP contribution is 2.47. The summed E-state index contributed by atoms with van der Waals surface area (Å²) in [7, 11) is 0. The fourth-order valence-corrected chi connectivity index (χ4v) is 7.54. The minimum absolute atomic E-state index is 0.0850. The van der Waals surface area contributed by atoms with Crippen molar-refractivity contribution >= 4 is 5.97 Å². The summed E-state index contributed by atoms with van der Waals surface area (Å²) in [5, 5.41) is 12.1. The molecule has 0 amide bonds. The fraction of sp³-hybridized carbons (Fsp3) is 0.727. The summed E-state index contributed by atoms with van der Waals surface area (Å²) in [5.74, 6) is -1.02. The van der Waals surface area contributed by atoms with Crippen LogP contribution in [0, 0.1) is 23.7 Å². The van der Waals surface area contributed by atoms with Crippen molar-refractivity contribution in [3.8, 4) is 0 Å². The van der Waals surface area contributed by atoms with Gasteiger partial charge in [-0.3, -0.25) is 4.79 Å². The van der Waals surface area contributed by atoms with Gasteiger partial charge in [-0.25, -0.2) is 0 Å². The van der Waals surface area contributed by atoms with E-state index < -0.39 is 35.4 Å². The highest BCUT2D eigenvalue weighted by atomic mass is 16.7. The molecule has 5 rings (SSSR count). The van der Waals surface area contributed by atoms with Gasteiger partial charge in [0.25, 0.3) is 0 Å². The van der Waals surface area contributed by atoms with E-state index in [1.165, 1.54) is 5.57 Å². The first-order valence-electron chi connectivity index (χ1n) is 15.3. The molecule has 3 fully saturated rings. The molecule has 1 aliphatic carbocycles. The Morgan fingerprint density at radius 3 is 2.67 bits per heavy atom. The molecule has 0 unspecified atom stereocenters. The van der Waals surface area contributed by atoms with Crippen LogP contribution in [-0.2, 0) is 23.7 Å². The number of nitrogens with two attached hydrogens (primary N) is 1. The summed E-state index contributed by atoms with van der Waals surface area (Å²) in [6.45, 7) is 13.1. The molecule has 0 aromatic carbocycles. The minimum Gasteiger partial charge on any atom is -0.462 e. The predicted molar refractivity (Wildman–Crippen MR) is 154 cm³/mol. The van der Waals surface area contributed by atoms with Gasteiger partial charge in [0, 0.05) is 19.3 Å². The molecule has 0 radical (unpaired) electrons. The molecule has 4 aliphatic heterocycles. The zero-order valence-corrected chi connectivity index (χ0v) is 25.1. The van der Waals surface area contributed by atoms with E-state index in [4.69, 9.17) is 24.7 Å². The summed E-state index contributed by atoms with van der Waals surface area (Å²) in [4.78, 5) is 14.0. The monoisotopic (exact) mass is 555 g/mol. The van der Waals surface area contributed by atoms with Gasteiger partial charge in [-0.1, -0.05) is 69.2 Å². The topological polar surface area (TPSA) is 100 Å². The molecule has 10 atom stereocenters. The lowest BCUT2D eigenvalue weighted by Crippen LogP contribution is -2.60. The zero-order valence-electron chi connectivity index (χ0n) is 25.1. The highest BCUT2D eigenvalue weighted by Gasteiger charge is 2.59. The minimum atomic E-state index is -1.56. The average molecular weight is 556 g/mol. The van der Waals surface area contributed by atoms with E-state index in [0.29, 0.717) is 36.2 Å². The van der Waals surface area contributed by atoms with E-state index in [2.05, 4.69) is 46.8 Å². The second-order valence-corrected chi connectivity index (χ2v) is 13.5. The summed E-state index contributed by atoms with van der Waals surface area (Å²) < 4.78 is 25.8. The van der Waals surface area contributed by atoms with Crippen molar-refractivity contribution in [1.82, 2.24) is 0 Å². The van der Waals surface area contributed by atoms with E-state index in [-0.39, 0.29) is 24.9 Å². The van der Waals surface area contributed by atoms with Crippen molar-refractivity contribution in [3.05, 3.63) is 47.1 Å². The standard InChI is InChI=1S/C33H49NO6/c1-19(2)29-22(5)12-13-32(40-29)17-26-16-25(39-32)11-10-21(4)14-20(3)8-7-9-24-18-37-30-28(34)23(6)15-27(31(35)38-26)33(24,30)36/h7-10,15,19-20,22,25-30,36H,11-14,16-18,34H2,1-6H3/b8-7+,21-10+,24-9+/t20-,22-,25+,26-,27-,28+,29+,30+,32+,33+/m0/s1. The first kappa shape index (κ1) is 29.7. The predicted octanol–water partition coefficient (Wildman–Crippen LogP) is 5.14. The molecule has 222 valence electrons. The molecule has 3 N–H and O–H groups in total. The van der Waals surface area contributed by atoms with Gasteiger partial charge in [-0.05, 0) is 56.4 Å². The first-order chi connectivity index (χ1) is 18.9. The van der Waals surface area contributed by atoms with Crippen LogP contribution in [0.2, 0.25) is 0 Å². The van der Waals surface area contributed by atoms with Crippen LogP contribution < -0.4 is 5.73 Å². The molecule has 4 heterocycles. The van der Waals surface area contributed by atoms with E-state index in [1.807, 2.05) is 19.1 Å². The third-order valence-electron chi connectivity index (χ3n) is 9.76. The highest BCUT2D eigenvalue weighted by molar-refractivity contribution is 5.78. The van der Waals surface area contributed by atoms with Gasteiger partial charge < -0.3 is 29.8 Å². The Hall–Kier alpha value is -1.77. The van der Waals surface area contributed by atoms with Gasteiger partial charge in [0.1, 0.15) is 23.7 Å². The van der Waals surface area contributed by atoms with Crippen LogP contribution in [0.5, 0.6) is 0 Å². The van der Waals surface area contributed by atoms with Gasteiger partial charge in [-0.15, -0.1) is 0 Å². The summed E-state index contributed by atoms with van der Waals surface area (Å²) in [6.07, 6.45) is 13.5. The third-order valence-corrected chi connectivity index (χ3v) is 9.76. The maximum Gasteiger partial charge on any atom is 0.316 e. The van der Waals surface area contributed by atoms with Crippen LogP contribution >= 0.6 is 0 Å². The van der Waals surface area contributed by atoms with Crippen molar-refractivity contribution in [3.63, 3.8) is 0 Å². The van der Waals surface area contributed by atoms with Gasteiger partial charge in [0.15, 0.2) is 5.79 Å². The summed E-state index contributed by atoms with van der Waals surface area (Å²) in [6, 6.07) is -0.498. The first-order valence-corrected chi connectivity index (χ1v) is 15.3. The van der Waals surface area contributed by atoms with Crippen LogP contribution in [0.25, 0.3) is 0 Å². The van der Waals surface area contributed by atoms with Crippen LogP contribution in [0.3, 0.4) is 0 Å². The molecule has 0 aromatic rings. The van der Waals surface area contributed by atoms with Gasteiger partial charge in [-0.2, -0.15) is 0 Å². The normalized spacial score (nSPS) is 47.9. The van der Waals surface area contributed by atoms with Crippen molar-refractivity contribution in [2.45, 2.75) is 122 Å². The van der Waals surface area contributed by atoms with Crippen LogP contribution in [0.4, 0.5) is 0 Å². The number of hydrogen-bond donors (Lipinski definition) is 2. The molecule has 3 saturated heterocycles. The Balaban J connectivity index is 1.51. The lowest BCUT2D eigenvalue weighted by atomic mass is 9.70. The number of carbonyl (C=O) groups is 1. The molecule has 0 aromatic heterocycles. The SMILES string of the molecule is CC1=C[C@H]2C(=O)O[C@H]3C[C@@H](C/C=C(\C)C[C@@H](C)/C=C/C=C4\CO[C@H]([C@@H]1N)[C@@]42O)O[C@@]1(CC[C@H](C)[C@@H](C(C)C)O1)C3. The quantitative estimate of drug-likeness (QED) is 0.341. The van der Waals surface area contributed by atoms with E-state index in [9.17, 15) is 9.90 Å². The summed E-state index contributed by atoms with van der Waals surface area (Å²) >= 11 is 0. The fourth-order valence-electron chi connectivity index (χ4n) is 7.54. The molecule has 1 spiro atoms. The van der Waals surface area contributed by atoms with Crippen molar-refractivity contribution in [2.24, 2.45) is 29.4 Å². The van der Waals surface area contributed by atoms with Crippen molar-refractivity contribution < 1.29 is 28.8 Å². The number of esters is 1. The second kappa shape index (κ2) is 11.5. The number of hydrogen-bond acceptors (Lipinski definition) is 7. The van der Waals surface area contributed by atoms with Crippen LogP contribution in [0.15, 0.2) is 47.1 Å². The number of fused-ring (bicyclic) bond motifs is 2. The van der Waals surface area contributed by atoms with Crippen molar-refractivity contribution in [1.29, 1.82) is 0 Å². The number of carbonyl (C=O) groups excluding carboxylic acids is 1. The van der Waals surface area contributed by atoms with E-state index in [0.717, 1.165) is 31.3 Å². The Morgan fingerprint density at radius 1 is 1.15 bits per heavy atom. The van der Waals surface area contributed by atoms with Gasteiger partial charge >= 0.3 is 5.97 Å². The number of rotatable bonds is 1. The molecule has 0 saturated carbocycles. The molecular weight excluding hydrogens is 506 g/mol. The second-order valence-electron chi connectivity index (χ2n) is 13.5.